The minimum atomic E-state index is -0.268. The summed E-state index contributed by atoms with van der Waals surface area (Å²) >= 11 is 0. The van der Waals surface area contributed by atoms with Crippen molar-refractivity contribution < 1.29 is 14.3 Å². The predicted octanol–water partition coefficient (Wildman–Crippen LogP) is 4.26. The van der Waals surface area contributed by atoms with Gasteiger partial charge in [-0.25, -0.2) is 0 Å². The van der Waals surface area contributed by atoms with Crippen LogP contribution in [0, 0.1) is 0 Å². The molecule has 0 saturated carbocycles. The summed E-state index contributed by atoms with van der Waals surface area (Å²) in [6.07, 6.45) is 1.77. The molecule has 0 bridgehead atoms. The first-order chi connectivity index (χ1) is 12.5. The summed E-state index contributed by atoms with van der Waals surface area (Å²) in [4.78, 5) is 24.9. The number of rotatable bonds is 8. The zero-order valence-corrected chi connectivity index (χ0v) is 15.5. The van der Waals surface area contributed by atoms with Crippen LogP contribution >= 0.6 is 0 Å². The predicted molar refractivity (Wildman–Crippen MR) is 104 cm³/mol. The Morgan fingerprint density at radius 1 is 1.00 bits per heavy atom. The first kappa shape index (κ1) is 19.5. The molecule has 2 amide bonds. The third kappa shape index (κ3) is 5.34. The molecule has 2 aromatic carbocycles. The summed E-state index contributed by atoms with van der Waals surface area (Å²) in [6.45, 7) is 6.63. The molecule has 26 heavy (non-hydrogen) atoms. The van der Waals surface area contributed by atoms with Crippen molar-refractivity contribution in [2.45, 2.75) is 39.7 Å². The van der Waals surface area contributed by atoms with Crippen molar-refractivity contribution in [2.24, 2.45) is 0 Å². The number of ether oxygens (including phenoxy) is 1. The molecule has 1 atom stereocenters. The molecule has 0 aliphatic rings. The minimum Gasteiger partial charge on any atom is -0.494 e. The van der Waals surface area contributed by atoms with Crippen molar-refractivity contribution in [1.29, 1.82) is 0 Å². The average Bonchev–Trinajstić information content (AvgIpc) is 2.66. The Hall–Kier alpha value is -2.82. The molecule has 5 nitrogen and oxygen atoms in total. The lowest BCUT2D eigenvalue weighted by Crippen LogP contribution is -2.32. The second-order valence-electron chi connectivity index (χ2n) is 6.16. The van der Waals surface area contributed by atoms with Crippen LogP contribution in [0.5, 0.6) is 5.75 Å². The molecule has 0 fully saturated rings. The van der Waals surface area contributed by atoms with Crippen LogP contribution < -0.4 is 15.4 Å². The number of carbonyl (C=O) groups is 2. The molecule has 0 saturated heterocycles. The molecule has 5 heteroatoms. The Balaban J connectivity index is 2.10. The molecule has 0 spiro atoms. The van der Waals surface area contributed by atoms with Gasteiger partial charge in [-0.05, 0) is 56.2 Å². The number of benzene rings is 2. The van der Waals surface area contributed by atoms with Gasteiger partial charge >= 0.3 is 0 Å². The molecule has 0 aliphatic heterocycles. The second-order valence-corrected chi connectivity index (χ2v) is 6.16. The van der Waals surface area contributed by atoms with E-state index in [0.29, 0.717) is 23.4 Å². The fourth-order valence-electron chi connectivity index (χ4n) is 2.31. The molecule has 2 aromatic rings. The first-order valence-electron chi connectivity index (χ1n) is 8.99. The number of carbonyl (C=O) groups excluding carboxylic acids is 2. The fourth-order valence-corrected chi connectivity index (χ4v) is 2.31. The Kier molecular flexibility index (Phi) is 7.21. The normalized spacial score (nSPS) is 11.5. The summed E-state index contributed by atoms with van der Waals surface area (Å²) in [5.74, 6) is 0.270. The van der Waals surface area contributed by atoms with Crippen LogP contribution in [0.25, 0.3) is 0 Å². The standard InChI is InChI=1S/C21H26N2O3/c1-4-14-26-17-12-10-16(11-13-17)20(24)23-19-9-7-6-8-18(19)21(25)22-15(3)5-2/h6-13,15H,4-5,14H2,1-3H3,(H,22,25)(H,23,24)/t15-/m0/s1. The van der Waals surface area contributed by atoms with Gasteiger partial charge < -0.3 is 15.4 Å². The SMILES string of the molecule is CCCOc1ccc(C(=O)Nc2ccccc2C(=O)N[C@@H](C)CC)cc1. The van der Waals surface area contributed by atoms with Crippen LogP contribution in [0.2, 0.25) is 0 Å². The van der Waals surface area contributed by atoms with Crippen molar-refractivity contribution in [3.8, 4) is 5.75 Å². The highest BCUT2D eigenvalue weighted by Gasteiger charge is 2.15. The van der Waals surface area contributed by atoms with Crippen LogP contribution in [0.3, 0.4) is 0 Å². The summed E-state index contributed by atoms with van der Waals surface area (Å²) in [5, 5.41) is 5.74. The van der Waals surface area contributed by atoms with E-state index in [1.165, 1.54) is 0 Å². The van der Waals surface area contributed by atoms with Gasteiger partial charge in [-0.15, -0.1) is 0 Å². The summed E-state index contributed by atoms with van der Waals surface area (Å²) < 4.78 is 5.52. The van der Waals surface area contributed by atoms with Crippen molar-refractivity contribution in [3.05, 3.63) is 59.7 Å². The van der Waals surface area contributed by atoms with Crippen molar-refractivity contribution >= 4 is 17.5 Å². The van der Waals surface area contributed by atoms with Gasteiger partial charge in [0.05, 0.1) is 17.9 Å². The summed E-state index contributed by atoms with van der Waals surface area (Å²) in [7, 11) is 0. The van der Waals surface area contributed by atoms with Crippen LogP contribution in [-0.4, -0.2) is 24.5 Å². The smallest absolute Gasteiger partial charge is 0.255 e. The van der Waals surface area contributed by atoms with Gasteiger partial charge in [0.1, 0.15) is 5.75 Å². The molecule has 0 aliphatic carbocycles. The monoisotopic (exact) mass is 354 g/mol. The molecule has 0 heterocycles. The molecule has 2 N–H and O–H groups in total. The van der Waals surface area contributed by atoms with E-state index in [-0.39, 0.29) is 17.9 Å². The van der Waals surface area contributed by atoms with Gasteiger partial charge in [-0.1, -0.05) is 26.0 Å². The highest BCUT2D eigenvalue weighted by atomic mass is 16.5. The number of anilines is 1. The molecule has 0 radical (unpaired) electrons. The van der Waals surface area contributed by atoms with Gasteiger partial charge in [0.25, 0.3) is 11.8 Å². The van der Waals surface area contributed by atoms with Gasteiger partial charge in [0.2, 0.25) is 0 Å². The van der Waals surface area contributed by atoms with Crippen LogP contribution in [0.15, 0.2) is 48.5 Å². The third-order valence-electron chi connectivity index (χ3n) is 4.00. The van der Waals surface area contributed by atoms with E-state index in [0.717, 1.165) is 18.6 Å². The van der Waals surface area contributed by atoms with Gasteiger partial charge in [-0.3, -0.25) is 9.59 Å². The van der Waals surface area contributed by atoms with E-state index >= 15 is 0 Å². The Morgan fingerprint density at radius 3 is 2.35 bits per heavy atom. The third-order valence-corrected chi connectivity index (χ3v) is 4.00. The molecular formula is C21H26N2O3. The Labute approximate surface area is 154 Å². The van der Waals surface area contributed by atoms with Gasteiger partial charge in [0, 0.05) is 11.6 Å². The quantitative estimate of drug-likeness (QED) is 0.744. The average molecular weight is 354 g/mol. The maximum atomic E-state index is 12.5. The second kappa shape index (κ2) is 9.61. The maximum absolute atomic E-state index is 12.5. The van der Waals surface area contributed by atoms with Gasteiger partial charge in [0.15, 0.2) is 0 Å². The first-order valence-corrected chi connectivity index (χ1v) is 8.99. The lowest BCUT2D eigenvalue weighted by Gasteiger charge is -2.14. The number of amides is 2. The zero-order valence-electron chi connectivity index (χ0n) is 15.5. The zero-order chi connectivity index (χ0) is 18.9. The maximum Gasteiger partial charge on any atom is 0.255 e. The number of nitrogens with one attached hydrogen (secondary N) is 2. The van der Waals surface area contributed by atoms with E-state index < -0.39 is 0 Å². The van der Waals surface area contributed by atoms with Gasteiger partial charge in [-0.2, -0.15) is 0 Å². The molecular weight excluding hydrogens is 328 g/mol. The van der Waals surface area contributed by atoms with Crippen molar-refractivity contribution in [1.82, 2.24) is 5.32 Å². The van der Waals surface area contributed by atoms with Crippen LogP contribution in [-0.2, 0) is 0 Å². The number of para-hydroxylation sites is 1. The lowest BCUT2D eigenvalue weighted by molar-refractivity contribution is 0.0940. The largest absolute Gasteiger partial charge is 0.494 e. The van der Waals surface area contributed by atoms with Crippen LogP contribution in [0.1, 0.15) is 54.3 Å². The van der Waals surface area contributed by atoms with E-state index in [1.807, 2.05) is 20.8 Å². The molecule has 0 aromatic heterocycles. The van der Waals surface area contributed by atoms with E-state index in [4.69, 9.17) is 4.74 Å². The summed E-state index contributed by atoms with van der Waals surface area (Å²) in [6, 6.07) is 14.0. The summed E-state index contributed by atoms with van der Waals surface area (Å²) in [5.41, 5.74) is 1.44. The lowest BCUT2D eigenvalue weighted by atomic mass is 10.1. The molecule has 2 rings (SSSR count). The Morgan fingerprint density at radius 2 is 1.69 bits per heavy atom. The molecule has 138 valence electrons. The van der Waals surface area contributed by atoms with Crippen LogP contribution in [0.4, 0.5) is 5.69 Å². The van der Waals surface area contributed by atoms with E-state index in [9.17, 15) is 9.59 Å². The highest BCUT2D eigenvalue weighted by molar-refractivity contribution is 6.09. The topological polar surface area (TPSA) is 67.4 Å². The number of hydrogen-bond acceptors (Lipinski definition) is 3. The molecule has 0 unspecified atom stereocenters. The van der Waals surface area contributed by atoms with Crippen molar-refractivity contribution in [2.75, 3.05) is 11.9 Å². The highest BCUT2D eigenvalue weighted by Crippen LogP contribution is 2.18. The minimum absolute atomic E-state index is 0.0712. The van der Waals surface area contributed by atoms with E-state index in [2.05, 4.69) is 10.6 Å². The fraction of sp³-hybridized carbons (Fsp3) is 0.333. The van der Waals surface area contributed by atoms with E-state index in [1.54, 1.807) is 48.5 Å². The van der Waals surface area contributed by atoms with Crippen molar-refractivity contribution in [3.63, 3.8) is 0 Å². The number of hydrogen-bond donors (Lipinski definition) is 2. The Bertz CT molecular complexity index is 741.